The third-order valence-electron chi connectivity index (χ3n) is 1.13. The quantitative estimate of drug-likeness (QED) is 0.470. The molecular formula is C7H6NO2+. The van der Waals surface area contributed by atoms with Crippen LogP contribution in [0.25, 0.3) is 4.85 Å². The van der Waals surface area contributed by atoms with Crippen LogP contribution in [0.1, 0.15) is 6.92 Å². The average molecular weight is 136 g/mol. The molecule has 0 aromatic rings. The van der Waals surface area contributed by atoms with E-state index < -0.39 is 0 Å². The van der Waals surface area contributed by atoms with Gasteiger partial charge in [-0.3, -0.25) is 0 Å². The van der Waals surface area contributed by atoms with Gasteiger partial charge in [0.05, 0.1) is 0 Å². The summed E-state index contributed by atoms with van der Waals surface area (Å²) in [5, 5.41) is 0. The second-order valence-electron chi connectivity index (χ2n) is 1.89. The molecule has 0 atom stereocenters. The Hall–Kier alpha value is -1.56. The van der Waals surface area contributed by atoms with E-state index >= 15 is 0 Å². The minimum Gasteiger partial charge on any atom is -0.415 e. The number of nitrogens with zero attached hydrogens (tertiary/aromatic N) is 1. The molecule has 0 amide bonds. The predicted octanol–water partition coefficient (Wildman–Crippen LogP) is 1.29. The van der Waals surface area contributed by atoms with Crippen LogP contribution in [0.15, 0.2) is 23.6 Å². The molecule has 0 aromatic heterocycles. The Kier molecular flexibility index (Phi) is 1.55. The molecular weight excluding hydrogens is 130 g/mol. The summed E-state index contributed by atoms with van der Waals surface area (Å²) in [6.07, 6.45) is 2.69. The number of rotatable bonds is 0. The van der Waals surface area contributed by atoms with Crippen molar-refractivity contribution in [1.29, 1.82) is 0 Å². The summed E-state index contributed by atoms with van der Waals surface area (Å²) in [7, 11) is 0. The van der Waals surface area contributed by atoms with Gasteiger partial charge in [0, 0.05) is 11.6 Å². The number of allylic oxidation sites excluding steroid dienone is 1. The van der Waals surface area contributed by atoms with E-state index in [9.17, 15) is 4.79 Å². The summed E-state index contributed by atoms with van der Waals surface area (Å²) in [6, 6.07) is 0. The van der Waals surface area contributed by atoms with E-state index in [1.54, 1.807) is 6.92 Å². The van der Waals surface area contributed by atoms with Crippen LogP contribution in [0.3, 0.4) is 0 Å². The van der Waals surface area contributed by atoms with E-state index in [-0.39, 0.29) is 5.97 Å². The second-order valence-corrected chi connectivity index (χ2v) is 1.89. The van der Waals surface area contributed by atoms with Crippen LogP contribution in [0.5, 0.6) is 0 Å². The molecule has 0 N–H and O–H groups in total. The smallest absolute Gasteiger partial charge is 0.347 e. The molecule has 0 fully saturated rings. The van der Waals surface area contributed by atoms with Gasteiger partial charge in [0.25, 0.3) is 6.57 Å². The van der Waals surface area contributed by atoms with Gasteiger partial charge in [-0.05, 0) is 11.8 Å². The SMILES string of the molecule is C#[N+]/C=C1\OC(=O)C=C1C. The van der Waals surface area contributed by atoms with Crippen molar-refractivity contribution < 1.29 is 9.53 Å². The Morgan fingerprint density at radius 3 is 2.90 bits per heavy atom. The number of hydrogen-bond acceptors (Lipinski definition) is 2. The third kappa shape index (κ3) is 1.06. The minimum absolute atomic E-state index is 0.368. The molecule has 50 valence electrons. The van der Waals surface area contributed by atoms with Gasteiger partial charge in [0.2, 0.25) is 5.76 Å². The Balaban J connectivity index is 2.90. The first-order valence-electron chi connectivity index (χ1n) is 2.74. The largest absolute Gasteiger partial charge is 0.415 e. The highest BCUT2D eigenvalue weighted by Crippen LogP contribution is 2.18. The van der Waals surface area contributed by atoms with Crippen LogP contribution in [-0.4, -0.2) is 5.97 Å². The molecule has 0 aliphatic carbocycles. The van der Waals surface area contributed by atoms with Gasteiger partial charge in [-0.1, -0.05) is 0 Å². The molecule has 3 heteroatoms. The topological polar surface area (TPSA) is 30.7 Å². The first-order valence-corrected chi connectivity index (χ1v) is 2.74. The summed E-state index contributed by atoms with van der Waals surface area (Å²) in [5.74, 6) is 0.0555. The molecule has 0 spiro atoms. The fraction of sp³-hybridized carbons (Fsp3) is 0.143. The third-order valence-corrected chi connectivity index (χ3v) is 1.13. The highest BCUT2D eigenvalue weighted by atomic mass is 16.5. The van der Waals surface area contributed by atoms with Gasteiger partial charge >= 0.3 is 12.2 Å². The van der Waals surface area contributed by atoms with E-state index in [0.29, 0.717) is 5.76 Å². The summed E-state index contributed by atoms with van der Waals surface area (Å²) in [6.45, 7) is 6.60. The molecule has 1 rings (SSSR count). The Bertz CT molecular complexity index is 268. The van der Waals surface area contributed by atoms with Crippen LogP contribution in [-0.2, 0) is 9.53 Å². The van der Waals surface area contributed by atoms with Crippen LogP contribution in [0, 0.1) is 6.57 Å². The van der Waals surface area contributed by atoms with Gasteiger partial charge in [-0.2, -0.15) is 0 Å². The molecule has 0 bridgehead atoms. The summed E-state index contributed by atoms with van der Waals surface area (Å²) < 4.78 is 4.67. The van der Waals surface area contributed by atoms with Crippen LogP contribution in [0.4, 0.5) is 0 Å². The predicted molar refractivity (Wildman–Crippen MR) is 36.2 cm³/mol. The van der Waals surface area contributed by atoms with Gasteiger partial charge in [-0.15, -0.1) is 0 Å². The zero-order valence-corrected chi connectivity index (χ0v) is 5.50. The lowest BCUT2D eigenvalue weighted by Crippen LogP contribution is -1.89. The van der Waals surface area contributed by atoms with E-state index in [1.165, 1.54) is 12.3 Å². The number of ether oxygens (including phenoxy) is 1. The van der Waals surface area contributed by atoms with Crippen molar-refractivity contribution in [2.75, 3.05) is 0 Å². The molecule has 0 aromatic carbocycles. The van der Waals surface area contributed by atoms with Crippen molar-refractivity contribution in [3.8, 4) is 6.57 Å². The molecule has 0 unspecified atom stereocenters. The van der Waals surface area contributed by atoms with Crippen molar-refractivity contribution >= 4 is 5.97 Å². The van der Waals surface area contributed by atoms with E-state index in [1.807, 2.05) is 0 Å². The van der Waals surface area contributed by atoms with Crippen molar-refractivity contribution in [2.24, 2.45) is 0 Å². The normalized spacial score (nSPS) is 20.2. The standard InChI is InChI=1S/C7H6NO2/c1-5-3-7(9)10-6(5)4-8-2/h2-4H,1H3/q+1/b6-4-. The molecule has 10 heavy (non-hydrogen) atoms. The van der Waals surface area contributed by atoms with E-state index in [4.69, 9.17) is 6.57 Å². The number of cyclic esters (lactones) is 1. The van der Waals surface area contributed by atoms with Crippen molar-refractivity contribution in [1.82, 2.24) is 0 Å². The van der Waals surface area contributed by atoms with E-state index in [2.05, 4.69) is 9.58 Å². The lowest BCUT2D eigenvalue weighted by Gasteiger charge is -1.88. The number of esters is 1. The fourth-order valence-electron chi connectivity index (χ4n) is 0.662. The maximum atomic E-state index is 10.5. The Morgan fingerprint density at radius 1 is 1.80 bits per heavy atom. The second kappa shape index (κ2) is 2.36. The molecule has 3 nitrogen and oxygen atoms in total. The average Bonchev–Trinajstić information content (AvgIpc) is 2.13. The fourth-order valence-corrected chi connectivity index (χ4v) is 0.662. The number of hydrogen-bond donors (Lipinski definition) is 0. The van der Waals surface area contributed by atoms with Crippen molar-refractivity contribution in [3.63, 3.8) is 0 Å². The lowest BCUT2D eigenvalue weighted by molar-refractivity contribution is -0.132. The molecule has 0 saturated carbocycles. The molecule has 1 aliphatic heterocycles. The molecule has 1 aliphatic rings. The molecule has 0 radical (unpaired) electrons. The highest BCUT2D eigenvalue weighted by Gasteiger charge is 2.18. The van der Waals surface area contributed by atoms with Crippen molar-refractivity contribution in [3.05, 3.63) is 28.5 Å². The maximum Gasteiger partial charge on any atom is 0.347 e. The number of carbonyl (C=O) groups excluding carboxylic acids is 1. The monoisotopic (exact) mass is 136 g/mol. The van der Waals surface area contributed by atoms with Crippen LogP contribution in [0.2, 0.25) is 0 Å². The van der Waals surface area contributed by atoms with E-state index in [0.717, 1.165) is 5.57 Å². The number of carbonyl (C=O) groups is 1. The Morgan fingerprint density at radius 2 is 2.50 bits per heavy atom. The molecule has 0 saturated heterocycles. The van der Waals surface area contributed by atoms with Crippen molar-refractivity contribution in [2.45, 2.75) is 6.92 Å². The van der Waals surface area contributed by atoms with Gasteiger partial charge < -0.3 is 4.74 Å². The first-order chi connectivity index (χ1) is 4.74. The summed E-state index contributed by atoms with van der Waals surface area (Å²) in [4.78, 5) is 13.7. The zero-order chi connectivity index (χ0) is 7.56. The van der Waals surface area contributed by atoms with Crippen LogP contribution >= 0.6 is 0 Å². The highest BCUT2D eigenvalue weighted by molar-refractivity contribution is 5.88. The lowest BCUT2D eigenvalue weighted by atomic mass is 10.3. The van der Waals surface area contributed by atoms with Gasteiger partial charge in [0.15, 0.2) is 0 Å². The first kappa shape index (κ1) is 6.56. The van der Waals surface area contributed by atoms with Gasteiger partial charge in [-0.25, -0.2) is 4.79 Å². The maximum absolute atomic E-state index is 10.5. The zero-order valence-electron chi connectivity index (χ0n) is 5.50. The van der Waals surface area contributed by atoms with Crippen LogP contribution < -0.4 is 0 Å². The summed E-state index contributed by atoms with van der Waals surface area (Å²) >= 11 is 0. The summed E-state index contributed by atoms with van der Waals surface area (Å²) in [5.41, 5.74) is 0.749. The Labute approximate surface area is 58.4 Å². The van der Waals surface area contributed by atoms with Gasteiger partial charge in [0.1, 0.15) is 0 Å². The minimum atomic E-state index is -0.368. The molecule has 1 heterocycles.